The van der Waals surface area contributed by atoms with Crippen molar-refractivity contribution in [1.29, 1.82) is 0 Å². The average Bonchev–Trinajstić information content (AvgIpc) is 1.35. The SMILES string of the molecule is C#C[C@@]12CCC([C@H](C)CC[C@@H](O[C@H]3C[C@@H](O)C[C@@H](CO[C@H]4O[C@H](CO[C@H]5O[C@H](CO)[C@@H](O)C[C@H]5O)[C@@H](O)C[C@H]4O)O3)C(C)(C)O)[C@@]1(C)CC[C@@]1(C)C3CC[C@H](O[C@H]4C[C@@H](O)C[C@@H](CO[C@H]5O[C@H](CO)[C@@H](O)C[C@H]5O)O4)C(C)(C)C3=CCC12. The Balaban J connectivity index is 0.781. The third kappa shape index (κ3) is 13.4. The van der Waals surface area contributed by atoms with Crippen LogP contribution in [0.4, 0.5) is 0 Å². The minimum Gasteiger partial charge on any atom is -0.394 e. The van der Waals surface area contributed by atoms with Crippen LogP contribution in [0.5, 0.6) is 0 Å². The van der Waals surface area contributed by atoms with Crippen molar-refractivity contribution in [3.63, 3.8) is 0 Å². The summed E-state index contributed by atoms with van der Waals surface area (Å²) in [5, 5.41) is 115. The van der Waals surface area contributed by atoms with Gasteiger partial charge in [-0.1, -0.05) is 52.2 Å². The third-order valence-corrected chi connectivity index (χ3v) is 21.5. The van der Waals surface area contributed by atoms with Crippen LogP contribution in [-0.4, -0.2) is 218 Å². The highest BCUT2D eigenvalue weighted by Gasteiger charge is 2.69. The summed E-state index contributed by atoms with van der Waals surface area (Å²) in [4.78, 5) is 0. The van der Waals surface area contributed by atoms with Crippen molar-refractivity contribution in [2.75, 3.05) is 33.0 Å². The van der Waals surface area contributed by atoms with E-state index in [1.54, 1.807) is 13.8 Å². The molecule has 0 radical (unpaired) electrons. The van der Waals surface area contributed by atoms with Crippen LogP contribution in [0, 0.1) is 57.7 Å². The summed E-state index contributed by atoms with van der Waals surface area (Å²) in [7, 11) is 0. The number of hydrogen-bond donors (Lipinski definition) is 11. The summed E-state index contributed by atoms with van der Waals surface area (Å²) in [5.74, 6) is 4.74. The predicted molar refractivity (Wildman–Crippen MR) is 292 cm³/mol. The third-order valence-electron chi connectivity index (χ3n) is 21.5. The zero-order valence-corrected chi connectivity index (χ0v) is 49.4. The molecule has 0 aromatic heterocycles. The van der Waals surface area contributed by atoms with E-state index in [0.29, 0.717) is 31.1 Å². The van der Waals surface area contributed by atoms with Gasteiger partial charge in [-0.25, -0.2) is 0 Å². The molecule has 8 fully saturated rings. The van der Waals surface area contributed by atoms with E-state index in [9.17, 15) is 56.2 Å². The minimum absolute atomic E-state index is 0.0148. The van der Waals surface area contributed by atoms with Crippen molar-refractivity contribution in [3.05, 3.63) is 11.6 Å². The number of ether oxygens (including phenoxy) is 10. The van der Waals surface area contributed by atoms with Crippen molar-refractivity contribution in [1.82, 2.24) is 0 Å². The Kier molecular flexibility index (Phi) is 20.8. The lowest BCUT2D eigenvalue weighted by molar-refractivity contribution is -0.313. The first-order valence-corrected chi connectivity index (χ1v) is 30.7. The largest absolute Gasteiger partial charge is 0.394 e. The average molecular weight is 1170 g/mol. The lowest BCUT2D eigenvalue weighted by Gasteiger charge is -2.65. The molecule has 5 aliphatic heterocycles. The summed E-state index contributed by atoms with van der Waals surface area (Å²) in [6.07, 6.45) is 0.474. The van der Waals surface area contributed by atoms with Gasteiger partial charge in [-0.2, -0.15) is 0 Å². The molecule has 21 heteroatoms. The quantitative estimate of drug-likeness (QED) is 0.0616. The van der Waals surface area contributed by atoms with Gasteiger partial charge in [0.1, 0.15) is 36.6 Å². The second kappa shape index (κ2) is 26.3. The molecule has 0 spiro atoms. The number of allylic oxidation sites excluding steroid dienone is 1. The van der Waals surface area contributed by atoms with E-state index in [1.807, 2.05) is 0 Å². The number of terminal acetylenes is 1. The van der Waals surface area contributed by atoms with Crippen molar-refractivity contribution < 1.29 is 104 Å². The van der Waals surface area contributed by atoms with Crippen molar-refractivity contribution in [2.45, 2.75) is 280 Å². The highest BCUT2D eigenvalue weighted by Crippen LogP contribution is 2.75. The smallest absolute Gasteiger partial charge is 0.184 e. The number of hydrogen-bond acceptors (Lipinski definition) is 21. The molecule has 0 aromatic rings. The highest BCUT2D eigenvalue weighted by atomic mass is 16.7. The molecule has 27 atom stereocenters. The van der Waals surface area contributed by atoms with Gasteiger partial charge >= 0.3 is 0 Å². The van der Waals surface area contributed by atoms with Crippen molar-refractivity contribution in [3.8, 4) is 12.3 Å². The number of aliphatic hydroxyl groups is 11. The monoisotopic (exact) mass is 1170 g/mol. The molecule has 21 nitrogen and oxygen atoms in total. The molecule has 82 heavy (non-hydrogen) atoms. The van der Waals surface area contributed by atoms with E-state index in [0.717, 1.165) is 51.4 Å². The topological polar surface area (TPSA) is 315 Å². The van der Waals surface area contributed by atoms with Crippen LogP contribution in [0.2, 0.25) is 0 Å². The van der Waals surface area contributed by atoms with Gasteiger partial charge < -0.3 is 104 Å². The Morgan fingerprint density at radius 1 is 0.634 bits per heavy atom. The van der Waals surface area contributed by atoms with E-state index in [1.165, 1.54) is 5.57 Å². The first-order chi connectivity index (χ1) is 38.7. The number of aliphatic hydroxyl groups excluding tert-OH is 10. The Hall–Kier alpha value is -1.54. The first kappa shape index (κ1) is 64.9. The van der Waals surface area contributed by atoms with Crippen LogP contribution < -0.4 is 0 Å². The molecule has 0 aromatic carbocycles. The molecule has 9 rings (SSSR count). The van der Waals surface area contributed by atoms with E-state index in [4.69, 9.17) is 53.8 Å². The van der Waals surface area contributed by atoms with E-state index in [-0.39, 0.29) is 91.5 Å². The lowest BCUT2D eigenvalue weighted by atomic mass is 9.39. The van der Waals surface area contributed by atoms with Gasteiger partial charge in [0.05, 0.1) is 93.6 Å². The molecule has 3 unspecified atom stereocenters. The number of rotatable bonds is 20. The molecule has 9 aliphatic rings. The maximum atomic E-state index is 11.6. The van der Waals surface area contributed by atoms with Crippen LogP contribution in [-0.2, 0) is 47.4 Å². The van der Waals surface area contributed by atoms with Gasteiger partial charge in [0.15, 0.2) is 31.5 Å². The fourth-order valence-corrected chi connectivity index (χ4v) is 16.7. The summed E-state index contributed by atoms with van der Waals surface area (Å²) in [5.41, 5.74) is -0.620. The molecule has 5 heterocycles. The van der Waals surface area contributed by atoms with Gasteiger partial charge in [0, 0.05) is 55.8 Å². The van der Waals surface area contributed by atoms with Crippen LogP contribution in [0.15, 0.2) is 11.6 Å². The Bertz CT molecular complexity index is 2150. The Morgan fingerprint density at radius 2 is 1.16 bits per heavy atom. The van der Waals surface area contributed by atoms with E-state index < -0.39 is 136 Å². The van der Waals surface area contributed by atoms with Crippen LogP contribution >= 0.6 is 0 Å². The maximum Gasteiger partial charge on any atom is 0.184 e. The van der Waals surface area contributed by atoms with Crippen molar-refractivity contribution >= 4 is 0 Å². The highest BCUT2D eigenvalue weighted by molar-refractivity contribution is 5.34. The Labute approximate surface area is 484 Å². The molecule has 3 saturated carbocycles. The minimum atomic E-state index is -1.25. The molecular formula is C61H100O21. The standard InChI is InChI=1S/C61H100O21/c1-9-61-17-16-37(32(2)10-14-51(58(5,6)72)82-53-23-34(65)21-36(77-53)30-74-55-45(71)26-42(68)48(80-55)31-75-56-44(70)25-41(67)47(28-63)79-56)60(61,8)19-18-59(7)39-12-15-50(57(3,4)38(39)11-13-49(59)61)81-52-22-33(64)20-35(76-52)29-73-54-43(69)24-40(66)46(27-62)78-54/h1,11,32-37,39-56,62-72H,10,12-31H2,2-8H3/t32-,33+,34+,35+,36+,37?,39?,40+,41+,42+,43-,44-,45-,46-,47-,48-,49?,50+,51-,52+,53+,54+,55+,56+,59+,60-,61+/m1/s1. The molecule has 11 N–H and O–H groups in total. The predicted octanol–water partition coefficient (Wildman–Crippen LogP) is 2.44. The zero-order chi connectivity index (χ0) is 59.3. The van der Waals surface area contributed by atoms with Gasteiger partial charge in [0.25, 0.3) is 0 Å². The Morgan fingerprint density at radius 3 is 1.71 bits per heavy atom. The van der Waals surface area contributed by atoms with E-state index in [2.05, 4.69) is 46.6 Å². The van der Waals surface area contributed by atoms with Crippen LogP contribution in [0.25, 0.3) is 0 Å². The summed E-state index contributed by atoms with van der Waals surface area (Å²) in [6.45, 7) is 14.1. The van der Waals surface area contributed by atoms with Gasteiger partial charge in [-0.3, -0.25) is 0 Å². The second-order valence-corrected chi connectivity index (χ2v) is 27.7. The van der Waals surface area contributed by atoms with Crippen LogP contribution in [0.1, 0.15) is 151 Å². The molecule has 5 saturated heterocycles. The normalized spacial score (nSPS) is 47.7. The second-order valence-electron chi connectivity index (χ2n) is 27.7. The van der Waals surface area contributed by atoms with E-state index >= 15 is 0 Å². The van der Waals surface area contributed by atoms with Gasteiger partial charge in [-0.15, -0.1) is 6.42 Å². The first-order valence-electron chi connectivity index (χ1n) is 30.7. The summed E-state index contributed by atoms with van der Waals surface area (Å²) < 4.78 is 60.8. The van der Waals surface area contributed by atoms with Gasteiger partial charge in [0.2, 0.25) is 0 Å². The van der Waals surface area contributed by atoms with Gasteiger partial charge in [-0.05, 0) is 106 Å². The summed E-state index contributed by atoms with van der Waals surface area (Å²) >= 11 is 0. The molecule has 470 valence electrons. The van der Waals surface area contributed by atoms with Crippen molar-refractivity contribution in [2.24, 2.45) is 45.3 Å². The molecule has 4 aliphatic carbocycles. The molecule has 0 bridgehead atoms. The zero-order valence-electron chi connectivity index (χ0n) is 49.4. The lowest BCUT2D eigenvalue weighted by Crippen LogP contribution is -2.60. The molecular weight excluding hydrogens is 1070 g/mol. The summed E-state index contributed by atoms with van der Waals surface area (Å²) in [6, 6.07) is 0. The number of fused-ring (bicyclic) bond motifs is 5. The maximum absolute atomic E-state index is 11.6. The van der Waals surface area contributed by atoms with Crippen LogP contribution in [0.3, 0.4) is 0 Å². The fraction of sp³-hybridized carbons (Fsp3) is 0.934. The molecule has 0 amide bonds. The fourth-order valence-electron chi connectivity index (χ4n) is 16.7.